The molecule has 0 spiro atoms. The van der Waals surface area contributed by atoms with Crippen LogP contribution in [0.15, 0.2) is 77.7 Å². The van der Waals surface area contributed by atoms with Crippen LogP contribution in [0.2, 0.25) is 0 Å². The third-order valence-electron chi connectivity index (χ3n) is 4.62. The van der Waals surface area contributed by atoms with E-state index in [2.05, 4.69) is 0 Å². The first kappa shape index (κ1) is 23.1. The summed E-state index contributed by atoms with van der Waals surface area (Å²) in [5.41, 5.74) is -0.696. The van der Waals surface area contributed by atoms with Crippen LogP contribution in [0.1, 0.15) is 21.5 Å². The number of sulfonamides is 1. The maximum atomic E-state index is 13.3. The van der Waals surface area contributed by atoms with E-state index in [1.165, 1.54) is 48.5 Å². The zero-order valence-corrected chi connectivity index (χ0v) is 17.5. The Balaban J connectivity index is 1.96. The summed E-state index contributed by atoms with van der Waals surface area (Å²) in [6.45, 7) is -0.114. The van der Waals surface area contributed by atoms with Crippen LogP contribution in [0, 0.1) is 0 Å². The number of aromatic carboxylic acids is 1. The van der Waals surface area contributed by atoms with E-state index in [1.807, 2.05) is 0 Å². The van der Waals surface area contributed by atoms with Crippen LogP contribution >= 0.6 is 0 Å². The van der Waals surface area contributed by atoms with Crippen LogP contribution in [0.3, 0.4) is 0 Å². The van der Waals surface area contributed by atoms with Crippen molar-refractivity contribution in [1.82, 2.24) is 0 Å². The number of carboxylic acids is 1. The molecule has 0 bridgehead atoms. The highest BCUT2D eigenvalue weighted by Gasteiger charge is 2.33. The fourth-order valence-corrected chi connectivity index (χ4v) is 4.07. The summed E-state index contributed by atoms with van der Waals surface area (Å²) in [5, 5.41) is 8.96. The van der Waals surface area contributed by atoms with Crippen molar-refractivity contribution < 1.29 is 36.2 Å². The highest BCUT2D eigenvalue weighted by Crippen LogP contribution is 2.38. The molecule has 0 radical (unpaired) electrons. The Morgan fingerprint density at radius 2 is 1.62 bits per heavy atom. The molecule has 3 aromatic carbocycles. The number of alkyl halides is 3. The quantitative estimate of drug-likeness (QED) is 0.542. The number of anilines is 1. The predicted molar refractivity (Wildman–Crippen MR) is 111 cm³/mol. The second-order valence-electron chi connectivity index (χ2n) is 6.76. The normalized spacial score (nSPS) is 11.8. The largest absolute Gasteiger partial charge is 0.487 e. The molecule has 0 fully saturated rings. The van der Waals surface area contributed by atoms with Gasteiger partial charge in [-0.05, 0) is 48.0 Å². The average molecular weight is 465 g/mol. The Morgan fingerprint density at radius 3 is 2.19 bits per heavy atom. The Kier molecular flexibility index (Phi) is 6.45. The molecule has 0 amide bonds. The lowest BCUT2D eigenvalue weighted by Gasteiger charge is -2.23. The van der Waals surface area contributed by atoms with Crippen molar-refractivity contribution in [2.75, 3.05) is 11.4 Å². The van der Waals surface area contributed by atoms with Crippen molar-refractivity contribution in [1.29, 1.82) is 0 Å². The minimum absolute atomic E-state index is 0.0673. The molecule has 1 N–H and O–H groups in total. The maximum absolute atomic E-state index is 13.3. The number of rotatable bonds is 7. The molecule has 0 unspecified atom stereocenters. The monoisotopic (exact) mass is 465 g/mol. The van der Waals surface area contributed by atoms with E-state index in [0.717, 1.165) is 23.5 Å². The van der Waals surface area contributed by atoms with E-state index < -0.39 is 27.7 Å². The van der Waals surface area contributed by atoms with Crippen LogP contribution in [-0.4, -0.2) is 26.5 Å². The molecule has 0 saturated carbocycles. The zero-order chi connectivity index (χ0) is 23.5. The second kappa shape index (κ2) is 8.91. The smallest absolute Gasteiger partial charge is 0.416 e. The van der Waals surface area contributed by atoms with Crippen LogP contribution in [-0.2, 0) is 22.8 Å². The fraction of sp³-hybridized carbons (Fsp3) is 0.136. The first-order valence-electron chi connectivity index (χ1n) is 9.20. The molecule has 0 aliphatic carbocycles. The van der Waals surface area contributed by atoms with Gasteiger partial charge in [0.05, 0.1) is 21.7 Å². The number of ether oxygens (including phenoxy) is 1. The van der Waals surface area contributed by atoms with E-state index in [4.69, 9.17) is 9.84 Å². The van der Waals surface area contributed by atoms with Gasteiger partial charge in [-0.2, -0.15) is 13.2 Å². The van der Waals surface area contributed by atoms with E-state index in [-0.39, 0.29) is 28.5 Å². The molecule has 10 heteroatoms. The summed E-state index contributed by atoms with van der Waals surface area (Å²) in [6, 6.07) is 15.6. The minimum Gasteiger partial charge on any atom is -0.487 e. The molecule has 0 saturated heterocycles. The third kappa shape index (κ3) is 5.02. The molecule has 6 nitrogen and oxygen atoms in total. The highest BCUT2D eigenvalue weighted by molar-refractivity contribution is 7.92. The van der Waals surface area contributed by atoms with E-state index in [0.29, 0.717) is 11.6 Å². The van der Waals surface area contributed by atoms with Gasteiger partial charge in [-0.3, -0.25) is 4.31 Å². The van der Waals surface area contributed by atoms with Crippen molar-refractivity contribution >= 4 is 21.7 Å². The van der Waals surface area contributed by atoms with E-state index in [9.17, 15) is 26.4 Å². The first-order valence-corrected chi connectivity index (χ1v) is 10.6. The fourth-order valence-electron chi connectivity index (χ4n) is 2.85. The van der Waals surface area contributed by atoms with E-state index >= 15 is 0 Å². The molecule has 168 valence electrons. The molecule has 0 aliphatic heterocycles. The van der Waals surface area contributed by atoms with Crippen molar-refractivity contribution in [3.05, 3.63) is 89.5 Å². The summed E-state index contributed by atoms with van der Waals surface area (Å²) in [5.74, 6) is -1.18. The number of carboxylic acid groups (broad SMARTS) is 1. The van der Waals surface area contributed by atoms with Crippen LogP contribution in [0.5, 0.6) is 5.75 Å². The van der Waals surface area contributed by atoms with E-state index in [1.54, 1.807) is 6.07 Å². The van der Waals surface area contributed by atoms with Crippen molar-refractivity contribution in [2.45, 2.75) is 17.7 Å². The molecule has 32 heavy (non-hydrogen) atoms. The number of hydrogen-bond donors (Lipinski definition) is 1. The van der Waals surface area contributed by atoms with Crippen molar-refractivity contribution in [3.8, 4) is 5.75 Å². The zero-order valence-electron chi connectivity index (χ0n) is 16.7. The third-order valence-corrected chi connectivity index (χ3v) is 6.41. The molecule has 0 aromatic heterocycles. The second-order valence-corrected chi connectivity index (χ2v) is 8.73. The Hall–Kier alpha value is -3.53. The maximum Gasteiger partial charge on any atom is 0.416 e. The molecule has 0 atom stereocenters. The lowest BCUT2D eigenvalue weighted by molar-refractivity contribution is -0.137. The summed E-state index contributed by atoms with van der Waals surface area (Å²) in [4.78, 5) is 10.9. The Labute approximate surface area is 182 Å². The first-order chi connectivity index (χ1) is 15.0. The molecule has 3 rings (SSSR count). The number of benzene rings is 3. The molecular formula is C22H18F3NO5S. The number of halogens is 3. The van der Waals surface area contributed by atoms with Crippen LogP contribution in [0.25, 0.3) is 0 Å². The van der Waals surface area contributed by atoms with Gasteiger partial charge in [-0.25, -0.2) is 13.2 Å². The van der Waals surface area contributed by atoms with Gasteiger partial charge in [0.1, 0.15) is 12.4 Å². The average Bonchev–Trinajstić information content (AvgIpc) is 2.77. The molecule has 0 heterocycles. The topological polar surface area (TPSA) is 83.9 Å². The number of carbonyl (C=O) groups is 1. The summed E-state index contributed by atoms with van der Waals surface area (Å²) in [7, 11) is -3.01. The van der Waals surface area contributed by atoms with Gasteiger partial charge in [0, 0.05) is 7.05 Å². The van der Waals surface area contributed by atoms with Gasteiger partial charge in [-0.1, -0.05) is 30.3 Å². The van der Waals surface area contributed by atoms with Gasteiger partial charge in [-0.15, -0.1) is 0 Å². The molecule has 3 aromatic rings. The predicted octanol–water partition coefficient (Wildman–Crippen LogP) is 4.81. The van der Waals surface area contributed by atoms with Crippen molar-refractivity contribution in [3.63, 3.8) is 0 Å². The standard InChI is InChI=1S/C22H18F3NO5S/c1-26(32(29,30)18-5-3-2-4-6-18)19-13-17(22(23,24)25)11-12-20(19)31-14-15-7-9-16(10-8-15)21(27)28/h2-13H,14H2,1H3,(H,27,28). The molecular weight excluding hydrogens is 447 g/mol. The summed E-state index contributed by atoms with van der Waals surface area (Å²) in [6.07, 6.45) is -4.68. The van der Waals surface area contributed by atoms with Crippen LogP contribution in [0.4, 0.5) is 18.9 Å². The molecule has 0 aliphatic rings. The van der Waals surface area contributed by atoms with Gasteiger partial charge in [0.2, 0.25) is 0 Å². The summed E-state index contributed by atoms with van der Waals surface area (Å²) >= 11 is 0. The number of nitrogens with zero attached hydrogens (tertiary/aromatic N) is 1. The SMILES string of the molecule is CN(c1cc(C(F)(F)F)ccc1OCc1ccc(C(=O)O)cc1)S(=O)(=O)c1ccccc1. The highest BCUT2D eigenvalue weighted by atomic mass is 32.2. The van der Waals surface area contributed by atoms with Gasteiger partial charge >= 0.3 is 12.1 Å². The van der Waals surface area contributed by atoms with Gasteiger partial charge in [0.25, 0.3) is 10.0 Å². The van der Waals surface area contributed by atoms with Gasteiger partial charge < -0.3 is 9.84 Å². The minimum atomic E-state index is -4.68. The number of hydrogen-bond acceptors (Lipinski definition) is 4. The summed E-state index contributed by atoms with van der Waals surface area (Å²) < 4.78 is 72.1. The van der Waals surface area contributed by atoms with Gasteiger partial charge in [0.15, 0.2) is 0 Å². The Bertz CT molecular complexity index is 1210. The van der Waals surface area contributed by atoms with Crippen LogP contribution < -0.4 is 9.04 Å². The van der Waals surface area contributed by atoms with Crippen molar-refractivity contribution in [2.24, 2.45) is 0 Å². The Morgan fingerprint density at radius 1 is 1.00 bits per heavy atom. The lowest BCUT2D eigenvalue weighted by Crippen LogP contribution is -2.27. The lowest BCUT2D eigenvalue weighted by atomic mass is 10.1.